The number of rotatable bonds is 7. The van der Waals surface area contributed by atoms with Crippen LogP contribution >= 0.6 is 0 Å². The van der Waals surface area contributed by atoms with E-state index in [1.165, 1.54) is 0 Å². The number of aliphatic hydroxyl groups is 1. The van der Waals surface area contributed by atoms with Crippen molar-refractivity contribution in [3.63, 3.8) is 0 Å². The molecule has 0 aromatic heterocycles. The highest BCUT2D eigenvalue weighted by Crippen LogP contribution is 2.62. The minimum absolute atomic E-state index is 0.330. The van der Waals surface area contributed by atoms with E-state index in [2.05, 4.69) is 0 Å². The standard InChI is InChI=1S/C10H6F15NO2/c1-2(27)26-3(28)4(11,12)5(13,14)6(15,16)7(17,18)8(19,20)9(21,22)10(23,24)25/h2,27H,1H3,(H,26,28). The molecule has 0 aromatic rings. The van der Waals surface area contributed by atoms with Gasteiger partial charge < -0.3 is 10.4 Å². The van der Waals surface area contributed by atoms with Crippen molar-refractivity contribution in [2.45, 2.75) is 54.9 Å². The highest BCUT2D eigenvalue weighted by molar-refractivity contribution is 5.85. The lowest BCUT2D eigenvalue weighted by atomic mass is 9.91. The molecule has 2 N–H and O–H groups in total. The summed E-state index contributed by atoms with van der Waals surface area (Å²) in [5.74, 6) is -51.9. The average Bonchev–Trinajstić information content (AvgIpc) is 2.43. The molecule has 0 aromatic carbocycles. The quantitative estimate of drug-likeness (QED) is 0.452. The smallest absolute Gasteiger partial charge is 0.374 e. The van der Waals surface area contributed by atoms with Crippen LogP contribution in [0.25, 0.3) is 0 Å². The Labute approximate surface area is 143 Å². The first-order valence-corrected chi connectivity index (χ1v) is 6.16. The minimum Gasteiger partial charge on any atom is -0.374 e. The molecule has 0 aliphatic carbocycles. The third-order valence-corrected chi connectivity index (χ3v) is 2.95. The maximum absolute atomic E-state index is 13.2. The second kappa shape index (κ2) is 6.72. The Morgan fingerprint density at radius 1 is 0.643 bits per heavy atom. The normalized spacial score (nSPS) is 16.8. The van der Waals surface area contributed by atoms with Crippen LogP contribution in [0.4, 0.5) is 65.9 Å². The minimum atomic E-state index is -8.46. The molecular formula is C10H6F15NO2. The Balaban J connectivity index is 6.51. The fourth-order valence-electron chi connectivity index (χ4n) is 1.39. The van der Waals surface area contributed by atoms with Crippen LogP contribution in [-0.4, -0.2) is 59.0 Å². The number of carbonyl (C=O) groups excluding carboxylic acids is 1. The number of aliphatic hydroxyl groups excluding tert-OH is 1. The number of halogens is 15. The van der Waals surface area contributed by atoms with Crippen molar-refractivity contribution in [1.29, 1.82) is 0 Å². The van der Waals surface area contributed by atoms with E-state index in [9.17, 15) is 70.7 Å². The van der Waals surface area contributed by atoms with E-state index >= 15 is 0 Å². The van der Waals surface area contributed by atoms with Gasteiger partial charge in [0.25, 0.3) is 5.91 Å². The number of carbonyl (C=O) groups is 1. The maximum Gasteiger partial charge on any atom is 0.460 e. The van der Waals surface area contributed by atoms with Crippen LogP contribution < -0.4 is 5.32 Å². The zero-order valence-electron chi connectivity index (χ0n) is 12.6. The molecular weight excluding hydrogens is 451 g/mol. The van der Waals surface area contributed by atoms with Crippen molar-refractivity contribution < 1.29 is 75.8 Å². The van der Waals surface area contributed by atoms with Crippen molar-refractivity contribution in [3.8, 4) is 0 Å². The lowest BCUT2D eigenvalue weighted by Crippen LogP contribution is -2.74. The number of hydrogen-bond donors (Lipinski definition) is 2. The molecule has 0 rings (SSSR count). The molecule has 0 saturated carbocycles. The van der Waals surface area contributed by atoms with E-state index < -0.39 is 53.8 Å². The zero-order valence-corrected chi connectivity index (χ0v) is 12.6. The predicted octanol–water partition coefficient (Wildman–Crippen LogP) is 3.82. The zero-order chi connectivity index (χ0) is 23.4. The molecule has 0 heterocycles. The maximum atomic E-state index is 13.2. The summed E-state index contributed by atoms with van der Waals surface area (Å²) in [6.07, 6.45) is -10.2. The Hall–Kier alpha value is -1.62. The van der Waals surface area contributed by atoms with Gasteiger partial charge in [-0.25, -0.2) is 0 Å². The van der Waals surface area contributed by atoms with Crippen LogP contribution in [0.3, 0.4) is 0 Å². The van der Waals surface area contributed by atoms with Gasteiger partial charge in [-0.2, -0.15) is 65.9 Å². The summed E-state index contributed by atoms with van der Waals surface area (Å²) in [4.78, 5) is 10.7. The Kier molecular flexibility index (Phi) is 6.33. The lowest BCUT2D eigenvalue weighted by molar-refractivity contribution is -0.449. The Bertz CT molecular complexity index is 594. The molecule has 0 radical (unpaired) electrons. The van der Waals surface area contributed by atoms with Crippen LogP contribution in [0.1, 0.15) is 6.92 Å². The van der Waals surface area contributed by atoms with Gasteiger partial charge in [-0.1, -0.05) is 0 Å². The third-order valence-electron chi connectivity index (χ3n) is 2.95. The molecule has 1 amide bonds. The van der Waals surface area contributed by atoms with Crippen molar-refractivity contribution in [2.24, 2.45) is 0 Å². The molecule has 0 saturated heterocycles. The van der Waals surface area contributed by atoms with Gasteiger partial charge in [0.2, 0.25) is 0 Å². The summed E-state index contributed by atoms with van der Waals surface area (Å²) in [6, 6.07) is 0. The fourth-order valence-corrected chi connectivity index (χ4v) is 1.39. The van der Waals surface area contributed by atoms with E-state index in [4.69, 9.17) is 5.11 Å². The van der Waals surface area contributed by atoms with Gasteiger partial charge in [-0.15, -0.1) is 0 Å². The molecule has 0 spiro atoms. The molecule has 168 valence electrons. The summed E-state index contributed by atoms with van der Waals surface area (Å²) in [7, 11) is 0. The second-order valence-electron chi connectivity index (χ2n) is 5.09. The van der Waals surface area contributed by atoms with E-state index in [-0.39, 0.29) is 0 Å². The topological polar surface area (TPSA) is 49.3 Å². The van der Waals surface area contributed by atoms with Gasteiger partial charge >= 0.3 is 41.7 Å². The van der Waals surface area contributed by atoms with Crippen LogP contribution in [0, 0.1) is 0 Å². The summed E-state index contributed by atoms with van der Waals surface area (Å²) in [5, 5.41) is 8.85. The highest BCUT2D eigenvalue weighted by Gasteiger charge is 2.94. The first kappa shape index (κ1) is 26.4. The highest BCUT2D eigenvalue weighted by atomic mass is 19.4. The summed E-state index contributed by atoms with van der Waals surface area (Å²) >= 11 is 0. The largest absolute Gasteiger partial charge is 0.460 e. The van der Waals surface area contributed by atoms with E-state index in [0.29, 0.717) is 12.2 Å². The monoisotopic (exact) mass is 457 g/mol. The summed E-state index contributed by atoms with van der Waals surface area (Å²) in [5.41, 5.74) is 0. The molecule has 1 atom stereocenters. The Morgan fingerprint density at radius 3 is 1.21 bits per heavy atom. The summed E-state index contributed by atoms with van der Waals surface area (Å²) in [6.45, 7) is 0.330. The Morgan fingerprint density at radius 2 is 0.929 bits per heavy atom. The molecule has 1 unspecified atom stereocenters. The molecule has 0 aliphatic heterocycles. The fraction of sp³-hybridized carbons (Fsp3) is 0.900. The van der Waals surface area contributed by atoms with Crippen LogP contribution in [-0.2, 0) is 4.79 Å². The van der Waals surface area contributed by atoms with Crippen LogP contribution in [0.15, 0.2) is 0 Å². The number of hydrogen-bond acceptors (Lipinski definition) is 2. The molecule has 0 bridgehead atoms. The molecule has 18 heteroatoms. The molecule has 0 fully saturated rings. The SMILES string of the molecule is CC(O)NC(=O)C(F)(F)C(F)(F)C(F)(F)C(F)(F)C(F)(F)C(F)(F)C(F)(F)F. The van der Waals surface area contributed by atoms with Crippen molar-refractivity contribution >= 4 is 5.91 Å². The van der Waals surface area contributed by atoms with E-state index in [1.54, 1.807) is 0 Å². The van der Waals surface area contributed by atoms with Gasteiger partial charge in [0.15, 0.2) is 0 Å². The van der Waals surface area contributed by atoms with Crippen LogP contribution in [0.2, 0.25) is 0 Å². The number of nitrogens with one attached hydrogen (secondary N) is 1. The van der Waals surface area contributed by atoms with Crippen molar-refractivity contribution in [1.82, 2.24) is 5.32 Å². The lowest BCUT2D eigenvalue weighted by Gasteiger charge is -2.41. The molecule has 28 heavy (non-hydrogen) atoms. The molecule has 0 aliphatic rings. The van der Waals surface area contributed by atoms with E-state index in [0.717, 1.165) is 0 Å². The van der Waals surface area contributed by atoms with Gasteiger partial charge in [0.05, 0.1) is 0 Å². The average molecular weight is 457 g/mol. The van der Waals surface area contributed by atoms with E-state index in [1.807, 2.05) is 0 Å². The number of amides is 1. The first-order chi connectivity index (χ1) is 11.8. The molecule has 3 nitrogen and oxygen atoms in total. The van der Waals surface area contributed by atoms with Crippen molar-refractivity contribution in [3.05, 3.63) is 0 Å². The van der Waals surface area contributed by atoms with Crippen molar-refractivity contribution in [2.75, 3.05) is 0 Å². The van der Waals surface area contributed by atoms with Gasteiger partial charge in [-0.3, -0.25) is 4.79 Å². The number of alkyl halides is 15. The van der Waals surface area contributed by atoms with Gasteiger partial charge in [0.1, 0.15) is 6.23 Å². The third kappa shape index (κ3) is 3.42. The second-order valence-corrected chi connectivity index (χ2v) is 5.09. The van der Waals surface area contributed by atoms with Gasteiger partial charge in [-0.05, 0) is 6.92 Å². The van der Waals surface area contributed by atoms with Crippen LogP contribution in [0.5, 0.6) is 0 Å². The predicted molar refractivity (Wildman–Crippen MR) is 55.6 cm³/mol. The summed E-state index contributed by atoms with van der Waals surface area (Å²) < 4.78 is 192. The van der Waals surface area contributed by atoms with Gasteiger partial charge in [0, 0.05) is 0 Å². The first-order valence-electron chi connectivity index (χ1n) is 6.16.